The van der Waals surface area contributed by atoms with Crippen molar-refractivity contribution in [2.75, 3.05) is 25.0 Å². The van der Waals surface area contributed by atoms with Crippen LogP contribution in [0, 0.1) is 0 Å². The minimum Gasteiger partial charge on any atom is -0.392 e. The van der Waals surface area contributed by atoms with E-state index in [1.54, 1.807) is 0 Å². The van der Waals surface area contributed by atoms with Crippen molar-refractivity contribution in [3.63, 3.8) is 0 Å². The number of nitrogens with zero attached hydrogens (tertiary/aromatic N) is 1. The van der Waals surface area contributed by atoms with E-state index in [9.17, 15) is 9.90 Å². The number of amides is 1. The molecule has 110 valence electrons. The molecule has 1 aliphatic heterocycles. The zero-order chi connectivity index (χ0) is 14.5. The summed E-state index contributed by atoms with van der Waals surface area (Å²) < 4.78 is 0. The van der Waals surface area contributed by atoms with E-state index in [1.807, 2.05) is 11.0 Å². The number of benzene rings is 1. The number of anilines is 1. The van der Waals surface area contributed by atoms with Crippen LogP contribution in [0.25, 0.3) is 0 Å². The van der Waals surface area contributed by atoms with Gasteiger partial charge < -0.3 is 10.4 Å². The summed E-state index contributed by atoms with van der Waals surface area (Å²) in [6.45, 7) is 5.95. The third-order valence-electron chi connectivity index (χ3n) is 3.88. The van der Waals surface area contributed by atoms with Crippen LogP contribution in [0.3, 0.4) is 0 Å². The first-order valence-corrected chi connectivity index (χ1v) is 7.45. The minimum absolute atomic E-state index is 0.00898. The number of aliphatic hydroxyl groups excluding tert-OH is 1. The Morgan fingerprint density at radius 2 is 2.00 bits per heavy atom. The second-order valence-corrected chi connectivity index (χ2v) is 5.38. The number of nitrogens with one attached hydrogen (secondary N) is 1. The van der Waals surface area contributed by atoms with Crippen LogP contribution in [0.2, 0.25) is 0 Å². The number of carbonyl (C=O) groups is 1. The van der Waals surface area contributed by atoms with Crippen molar-refractivity contribution in [2.45, 2.75) is 39.2 Å². The second kappa shape index (κ2) is 6.86. The van der Waals surface area contributed by atoms with Crippen molar-refractivity contribution in [1.29, 1.82) is 0 Å². The molecule has 1 aromatic carbocycles. The molecule has 0 bridgehead atoms. The predicted molar refractivity (Wildman–Crippen MR) is 80.9 cm³/mol. The summed E-state index contributed by atoms with van der Waals surface area (Å²) in [7, 11) is 0. The van der Waals surface area contributed by atoms with Gasteiger partial charge in [0.2, 0.25) is 5.91 Å². The lowest BCUT2D eigenvalue weighted by Crippen LogP contribution is -2.32. The molecule has 0 radical (unpaired) electrons. The third kappa shape index (κ3) is 3.58. The van der Waals surface area contributed by atoms with E-state index >= 15 is 0 Å². The molecular weight excluding hydrogens is 252 g/mol. The molecule has 0 aromatic heterocycles. The van der Waals surface area contributed by atoms with Crippen LogP contribution >= 0.6 is 0 Å². The Balaban J connectivity index is 2.03. The molecule has 0 aliphatic carbocycles. The number of likely N-dealkylation sites (tertiary alicyclic amines) is 1. The molecule has 0 spiro atoms. The number of aliphatic hydroxyl groups is 1. The van der Waals surface area contributed by atoms with E-state index in [2.05, 4.69) is 31.3 Å². The number of rotatable bonds is 5. The number of aryl methyl sites for hydroxylation is 2. The second-order valence-electron chi connectivity index (χ2n) is 5.38. The van der Waals surface area contributed by atoms with Crippen LogP contribution in [0.5, 0.6) is 0 Å². The first-order valence-electron chi connectivity index (χ1n) is 7.45. The Kier molecular flexibility index (Phi) is 5.15. The summed E-state index contributed by atoms with van der Waals surface area (Å²) in [6, 6.07) is 6.17. The molecule has 1 amide bonds. The van der Waals surface area contributed by atoms with Crippen molar-refractivity contribution in [3.05, 3.63) is 29.3 Å². The van der Waals surface area contributed by atoms with E-state index in [0.29, 0.717) is 13.1 Å². The van der Waals surface area contributed by atoms with E-state index < -0.39 is 0 Å². The molecule has 2 N–H and O–H groups in total. The molecule has 1 saturated heterocycles. The fourth-order valence-electron chi connectivity index (χ4n) is 2.74. The highest BCUT2D eigenvalue weighted by Crippen LogP contribution is 2.22. The van der Waals surface area contributed by atoms with Gasteiger partial charge in [-0.1, -0.05) is 32.0 Å². The smallest absolute Gasteiger partial charge is 0.238 e. The lowest BCUT2D eigenvalue weighted by atomic mass is 10.0. The van der Waals surface area contributed by atoms with Crippen molar-refractivity contribution in [2.24, 2.45) is 0 Å². The highest BCUT2D eigenvalue weighted by Gasteiger charge is 2.22. The van der Waals surface area contributed by atoms with Crippen LogP contribution in [0.4, 0.5) is 5.69 Å². The quantitative estimate of drug-likeness (QED) is 0.862. The van der Waals surface area contributed by atoms with Gasteiger partial charge in [0.15, 0.2) is 0 Å². The van der Waals surface area contributed by atoms with Crippen molar-refractivity contribution in [1.82, 2.24) is 4.90 Å². The number of carbonyl (C=O) groups excluding carboxylic acids is 1. The monoisotopic (exact) mass is 276 g/mol. The maximum atomic E-state index is 12.2. The molecule has 0 saturated carbocycles. The molecule has 4 heteroatoms. The number of para-hydroxylation sites is 1. The van der Waals surface area contributed by atoms with Gasteiger partial charge in [-0.3, -0.25) is 9.69 Å². The van der Waals surface area contributed by atoms with Gasteiger partial charge in [0, 0.05) is 18.8 Å². The molecule has 2 rings (SSSR count). The van der Waals surface area contributed by atoms with E-state index in [-0.39, 0.29) is 12.0 Å². The molecular formula is C16H24N2O2. The normalized spacial score (nSPS) is 19.2. The van der Waals surface area contributed by atoms with Crippen molar-refractivity contribution >= 4 is 11.6 Å². The van der Waals surface area contributed by atoms with Gasteiger partial charge >= 0.3 is 0 Å². The first-order chi connectivity index (χ1) is 9.63. The van der Waals surface area contributed by atoms with Crippen LogP contribution in [-0.2, 0) is 17.6 Å². The third-order valence-corrected chi connectivity index (χ3v) is 3.88. The summed E-state index contributed by atoms with van der Waals surface area (Å²) in [4.78, 5) is 14.2. The van der Waals surface area contributed by atoms with E-state index in [1.165, 1.54) is 11.1 Å². The minimum atomic E-state index is -0.281. The average molecular weight is 276 g/mol. The topological polar surface area (TPSA) is 52.6 Å². The zero-order valence-electron chi connectivity index (χ0n) is 12.4. The highest BCUT2D eigenvalue weighted by atomic mass is 16.3. The lowest BCUT2D eigenvalue weighted by Gasteiger charge is -2.18. The maximum absolute atomic E-state index is 12.2. The SMILES string of the molecule is CCc1cccc(CC)c1NC(=O)CN1CC[C@H](O)C1. The zero-order valence-corrected chi connectivity index (χ0v) is 12.4. The van der Waals surface area contributed by atoms with Gasteiger partial charge in [-0.15, -0.1) is 0 Å². The fourth-order valence-corrected chi connectivity index (χ4v) is 2.74. The predicted octanol–water partition coefficient (Wildman–Crippen LogP) is 1.82. The van der Waals surface area contributed by atoms with Gasteiger partial charge in [0.25, 0.3) is 0 Å². The van der Waals surface area contributed by atoms with Gasteiger partial charge in [-0.05, 0) is 30.4 Å². The van der Waals surface area contributed by atoms with E-state index in [4.69, 9.17) is 0 Å². The largest absolute Gasteiger partial charge is 0.392 e. The number of hydrogen-bond donors (Lipinski definition) is 2. The molecule has 1 heterocycles. The molecule has 1 aromatic rings. The first kappa shape index (κ1) is 15.0. The molecule has 4 nitrogen and oxygen atoms in total. The Morgan fingerprint density at radius 3 is 2.50 bits per heavy atom. The van der Waals surface area contributed by atoms with Crippen molar-refractivity contribution < 1.29 is 9.90 Å². The van der Waals surface area contributed by atoms with Crippen LogP contribution in [0.15, 0.2) is 18.2 Å². The average Bonchev–Trinajstić information content (AvgIpc) is 2.84. The highest BCUT2D eigenvalue weighted by molar-refractivity contribution is 5.93. The Labute approximate surface area is 120 Å². The summed E-state index contributed by atoms with van der Waals surface area (Å²) in [5.41, 5.74) is 3.33. The standard InChI is InChI=1S/C16H24N2O2/c1-3-12-6-5-7-13(4-2)16(12)17-15(20)11-18-9-8-14(19)10-18/h5-7,14,19H,3-4,8-11H2,1-2H3,(H,17,20)/t14-/m0/s1. The number of β-amino-alcohol motifs (C(OH)–C–C–N with tert-alkyl or cyclic N) is 1. The molecule has 1 aliphatic rings. The van der Waals surface area contributed by atoms with Gasteiger partial charge in [0.05, 0.1) is 12.6 Å². The Morgan fingerprint density at radius 1 is 1.35 bits per heavy atom. The van der Waals surface area contributed by atoms with Gasteiger partial charge in [-0.25, -0.2) is 0 Å². The van der Waals surface area contributed by atoms with Crippen LogP contribution in [-0.4, -0.2) is 41.7 Å². The lowest BCUT2D eigenvalue weighted by molar-refractivity contribution is -0.117. The van der Waals surface area contributed by atoms with Crippen molar-refractivity contribution in [3.8, 4) is 0 Å². The van der Waals surface area contributed by atoms with Gasteiger partial charge in [-0.2, -0.15) is 0 Å². The van der Waals surface area contributed by atoms with Gasteiger partial charge in [0.1, 0.15) is 0 Å². The fraction of sp³-hybridized carbons (Fsp3) is 0.562. The van der Waals surface area contributed by atoms with Crippen LogP contribution < -0.4 is 5.32 Å². The Hall–Kier alpha value is -1.39. The summed E-state index contributed by atoms with van der Waals surface area (Å²) in [5, 5.41) is 12.6. The molecule has 1 atom stereocenters. The molecule has 20 heavy (non-hydrogen) atoms. The summed E-state index contributed by atoms with van der Waals surface area (Å²) in [6.07, 6.45) is 2.30. The summed E-state index contributed by atoms with van der Waals surface area (Å²) >= 11 is 0. The molecule has 0 unspecified atom stereocenters. The summed E-state index contributed by atoms with van der Waals surface area (Å²) in [5.74, 6) is 0.00898. The maximum Gasteiger partial charge on any atom is 0.238 e. The Bertz CT molecular complexity index is 451. The van der Waals surface area contributed by atoms with E-state index in [0.717, 1.165) is 31.5 Å². The number of hydrogen-bond acceptors (Lipinski definition) is 3. The molecule has 1 fully saturated rings. The van der Waals surface area contributed by atoms with Crippen LogP contribution in [0.1, 0.15) is 31.4 Å².